The van der Waals surface area contributed by atoms with E-state index in [0.29, 0.717) is 16.8 Å². The van der Waals surface area contributed by atoms with Crippen molar-refractivity contribution in [3.05, 3.63) is 107 Å². The maximum absolute atomic E-state index is 10.4. The van der Waals surface area contributed by atoms with Crippen molar-refractivity contribution in [3.8, 4) is 29.0 Å². The molecule has 0 fully saturated rings. The minimum absolute atomic E-state index is 0.0112. The van der Waals surface area contributed by atoms with E-state index in [-0.39, 0.29) is 10.8 Å². The second kappa shape index (κ2) is 9.30. The van der Waals surface area contributed by atoms with Gasteiger partial charge in [-0.2, -0.15) is 10.5 Å². The van der Waals surface area contributed by atoms with Gasteiger partial charge in [0.1, 0.15) is 12.1 Å². The average Bonchev–Trinajstić information content (AvgIpc) is 3.24. The van der Waals surface area contributed by atoms with Crippen molar-refractivity contribution in [1.82, 2.24) is 4.57 Å². The second-order valence-electron chi connectivity index (χ2n) is 12.3. The van der Waals surface area contributed by atoms with E-state index in [4.69, 9.17) is 0 Å². The third-order valence-corrected chi connectivity index (χ3v) is 7.55. The summed E-state index contributed by atoms with van der Waals surface area (Å²) in [5, 5.41) is 23.0. The molecule has 4 aromatic carbocycles. The molecule has 0 unspecified atom stereocenters. The molecule has 39 heavy (non-hydrogen) atoms. The van der Waals surface area contributed by atoms with Gasteiger partial charge in [-0.05, 0) is 75.0 Å². The van der Waals surface area contributed by atoms with Crippen LogP contribution in [-0.4, -0.2) is 4.57 Å². The Balaban J connectivity index is 1.86. The lowest BCUT2D eigenvalue weighted by molar-refractivity contribution is 0.590. The van der Waals surface area contributed by atoms with E-state index >= 15 is 0 Å². The van der Waals surface area contributed by atoms with Crippen molar-refractivity contribution in [2.75, 3.05) is 0 Å². The van der Waals surface area contributed by atoms with Crippen molar-refractivity contribution in [3.63, 3.8) is 0 Å². The van der Waals surface area contributed by atoms with Crippen molar-refractivity contribution in [1.29, 1.82) is 10.5 Å². The number of hydrogen-bond donors (Lipinski definition) is 0. The second-order valence-corrected chi connectivity index (χ2v) is 12.3. The van der Waals surface area contributed by atoms with E-state index in [2.05, 4.69) is 101 Å². The summed E-state index contributed by atoms with van der Waals surface area (Å²) in [5.41, 5.74) is 8.81. The number of rotatable bonds is 3. The Labute approximate surface area is 231 Å². The molecule has 0 saturated carbocycles. The summed E-state index contributed by atoms with van der Waals surface area (Å²) in [6, 6.07) is 29.7. The molecule has 0 radical (unpaired) electrons. The first-order valence-corrected chi connectivity index (χ1v) is 13.3. The summed E-state index contributed by atoms with van der Waals surface area (Å²) in [6.45, 7) is 17.1. The first-order chi connectivity index (χ1) is 18.5. The number of aromatic nitrogens is 1. The third-order valence-electron chi connectivity index (χ3n) is 7.55. The molecule has 0 aliphatic rings. The Bertz CT molecular complexity index is 1730. The zero-order valence-corrected chi connectivity index (χ0v) is 23.6. The Morgan fingerprint density at radius 3 is 1.49 bits per heavy atom. The van der Waals surface area contributed by atoms with Crippen LogP contribution in [0.5, 0.6) is 0 Å². The van der Waals surface area contributed by atoms with E-state index in [9.17, 15) is 10.5 Å². The monoisotopic (exact) mass is 507 g/mol. The summed E-state index contributed by atoms with van der Waals surface area (Å²) in [5.74, 6) is 0. The number of fused-ring (bicyclic) bond motifs is 3. The molecule has 1 aromatic heterocycles. The average molecular weight is 508 g/mol. The van der Waals surface area contributed by atoms with Crippen LogP contribution < -0.4 is 0 Å². The van der Waals surface area contributed by atoms with E-state index < -0.39 is 0 Å². The molecule has 0 aliphatic heterocycles. The van der Waals surface area contributed by atoms with Crippen LogP contribution in [0.4, 0.5) is 0 Å². The van der Waals surface area contributed by atoms with Gasteiger partial charge in [0.15, 0.2) is 0 Å². The summed E-state index contributed by atoms with van der Waals surface area (Å²) in [6.07, 6.45) is 1.80. The fraction of sp³-hybridized carbons (Fsp3) is 0.222. The fourth-order valence-corrected chi connectivity index (χ4v) is 5.22. The maximum atomic E-state index is 10.4. The topological polar surface area (TPSA) is 52.5 Å². The van der Waals surface area contributed by atoms with Crippen molar-refractivity contribution >= 4 is 27.9 Å². The lowest BCUT2D eigenvalue weighted by atomic mass is 9.85. The fourth-order valence-electron chi connectivity index (χ4n) is 5.22. The molecular weight excluding hydrogens is 474 g/mol. The number of benzene rings is 4. The number of nitrogens with zero attached hydrogens (tertiary/aromatic N) is 3. The van der Waals surface area contributed by atoms with E-state index in [1.165, 1.54) is 11.1 Å². The van der Waals surface area contributed by atoms with Crippen LogP contribution in [0.3, 0.4) is 0 Å². The predicted molar refractivity (Wildman–Crippen MR) is 163 cm³/mol. The van der Waals surface area contributed by atoms with Gasteiger partial charge in [0.2, 0.25) is 0 Å². The minimum Gasteiger partial charge on any atom is -0.307 e. The van der Waals surface area contributed by atoms with Gasteiger partial charge >= 0.3 is 0 Å². The van der Waals surface area contributed by atoms with Crippen molar-refractivity contribution in [2.45, 2.75) is 52.4 Å². The van der Waals surface area contributed by atoms with Gasteiger partial charge in [-0.3, -0.25) is 0 Å². The summed E-state index contributed by atoms with van der Waals surface area (Å²) in [4.78, 5) is 0. The predicted octanol–water partition coefficient (Wildman–Crippen LogP) is 9.43. The highest BCUT2D eigenvalue weighted by Crippen LogP contribution is 2.39. The van der Waals surface area contributed by atoms with Crippen LogP contribution in [-0.2, 0) is 10.8 Å². The maximum Gasteiger partial charge on any atom is 0.101 e. The normalized spacial score (nSPS) is 11.9. The minimum atomic E-state index is -0.0112. The van der Waals surface area contributed by atoms with Crippen LogP contribution in [0.1, 0.15) is 69.4 Å². The molecule has 3 nitrogen and oxygen atoms in total. The quantitative estimate of drug-likeness (QED) is 0.244. The Hall–Kier alpha value is -4.60. The van der Waals surface area contributed by atoms with Crippen LogP contribution in [0.2, 0.25) is 0 Å². The molecule has 0 saturated heterocycles. The number of nitriles is 2. The van der Waals surface area contributed by atoms with Crippen LogP contribution in [0.15, 0.2) is 79.4 Å². The Morgan fingerprint density at radius 1 is 0.641 bits per heavy atom. The van der Waals surface area contributed by atoms with Crippen LogP contribution in [0.25, 0.3) is 44.7 Å². The van der Waals surface area contributed by atoms with Gasteiger partial charge in [-0.1, -0.05) is 90.6 Å². The van der Waals surface area contributed by atoms with Crippen LogP contribution >= 0.6 is 0 Å². The highest BCUT2D eigenvalue weighted by molar-refractivity contribution is 6.10. The molecule has 192 valence electrons. The van der Waals surface area contributed by atoms with Crippen molar-refractivity contribution in [2.24, 2.45) is 0 Å². The molecule has 1 heterocycles. The van der Waals surface area contributed by atoms with Gasteiger partial charge in [-0.25, -0.2) is 0 Å². The van der Waals surface area contributed by atoms with E-state index in [1.54, 1.807) is 6.08 Å². The zero-order valence-electron chi connectivity index (χ0n) is 23.6. The van der Waals surface area contributed by atoms with E-state index in [0.717, 1.165) is 38.5 Å². The standard InChI is InChI=1S/C36H33N3/c1-8-23-9-11-24(12-10-23)25-17-26(21-37)34(27(18-25)22-38)39-32-15-13-28(35(2,3)4)19-30(32)31-20-29(36(5,6)7)14-16-33(31)39/h8-20H,1H2,2-7H3. The highest BCUT2D eigenvalue weighted by Gasteiger charge is 2.23. The highest BCUT2D eigenvalue weighted by atomic mass is 15.0. The van der Waals surface area contributed by atoms with Crippen molar-refractivity contribution < 1.29 is 0 Å². The van der Waals surface area contributed by atoms with Gasteiger partial charge in [0, 0.05) is 10.8 Å². The number of hydrogen-bond acceptors (Lipinski definition) is 2. The lowest BCUT2D eigenvalue weighted by Gasteiger charge is -2.19. The lowest BCUT2D eigenvalue weighted by Crippen LogP contribution is -2.10. The van der Waals surface area contributed by atoms with Gasteiger partial charge < -0.3 is 4.57 Å². The first kappa shape index (κ1) is 26.0. The summed E-state index contributed by atoms with van der Waals surface area (Å²) >= 11 is 0. The molecule has 0 aliphatic carbocycles. The molecule has 5 rings (SSSR count). The smallest absolute Gasteiger partial charge is 0.101 e. The van der Waals surface area contributed by atoms with Gasteiger partial charge in [0.05, 0.1) is 27.8 Å². The first-order valence-electron chi connectivity index (χ1n) is 13.3. The third kappa shape index (κ3) is 4.52. The Morgan fingerprint density at radius 2 is 1.10 bits per heavy atom. The molecule has 0 atom stereocenters. The largest absolute Gasteiger partial charge is 0.307 e. The zero-order chi connectivity index (χ0) is 28.1. The molecule has 0 amide bonds. The van der Waals surface area contributed by atoms with Gasteiger partial charge in [-0.15, -0.1) is 0 Å². The molecule has 3 heteroatoms. The molecule has 0 N–H and O–H groups in total. The van der Waals surface area contributed by atoms with Gasteiger partial charge in [0.25, 0.3) is 0 Å². The summed E-state index contributed by atoms with van der Waals surface area (Å²) in [7, 11) is 0. The SMILES string of the molecule is C=Cc1ccc(-c2cc(C#N)c(-n3c4ccc(C(C)(C)C)cc4c4cc(C(C)(C)C)ccc43)c(C#N)c2)cc1. The molecule has 0 bridgehead atoms. The molecule has 5 aromatic rings. The molecular formula is C36H33N3. The Kier molecular flexibility index (Phi) is 6.21. The molecule has 0 spiro atoms. The van der Waals surface area contributed by atoms with Crippen LogP contribution in [0, 0.1) is 22.7 Å². The summed E-state index contributed by atoms with van der Waals surface area (Å²) < 4.78 is 2.10. The van der Waals surface area contributed by atoms with E-state index in [1.807, 2.05) is 36.4 Å².